The number of carboxylic acid groups (broad SMARTS) is 1. The molecular weight excluding hydrogens is 580 g/mol. The highest BCUT2D eigenvalue weighted by Crippen LogP contribution is 2.53. The number of likely N-dealkylation sites (tertiary alicyclic amines) is 1. The quantitative estimate of drug-likeness (QED) is 0.330. The van der Waals surface area contributed by atoms with Crippen molar-refractivity contribution in [2.75, 3.05) is 26.3 Å². The van der Waals surface area contributed by atoms with Crippen molar-refractivity contribution in [3.63, 3.8) is 0 Å². The molecule has 2 aliphatic carbocycles. The average Bonchev–Trinajstić information content (AvgIpc) is 3.54. The number of benzene rings is 2. The van der Waals surface area contributed by atoms with Crippen LogP contribution in [-0.4, -0.2) is 53.4 Å². The Labute approximate surface area is 240 Å². The number of halogens is 1. The summed E-state index contributed by atoms with van der Waals surface area (Å²) in [6, 6.07) is 16.7. The van der Waals surface area contributed by atoms with E-state index in [1.165, 1.54) is 33.6 Å². The standard InChI is InChI=1S/C30H31BrN2O5S/c31-25-19-39-27(32-25)30(38-18-26(34)35)11-9-29(10-12-30)13-15-33(16-14-29)28(36)37-17-24-22-7-3-1-5-20(22)21-6-2-4-8-23(21)24/h1-8,19,24H,9-18H2,(H,34,35). The van der Waals surface area contributed by atoms with Gasteiger partial charge in [0, 0.05) is 24.4 Å². The number of aromatic nitrogens is 1. The fourth-order valence-corrected chi connectivity index (χ4v) is 8.08. The van der Waals surface area contributed by atoms with E-state index in [9.17, 15) is 14.7 Å². The van der Waals surface area contributed by atoms with E-state index in [1.54, 1.807) is 0 Å². The largest absolute Gasteiger partial charge is 0.480 e. The highest BCUT2D eigenvalue weighted by atomic mass is 79.9. The predicted octanol–water partition coefficient (Wildman–Crippen LogP) is 6.81. The Bertz CT molecular complexity index is 1330. The summed E-state index contributed by atoms with van der Waals surface area (Å²) in [5.74, 6) is -0.915. The number of rotatable bonds is 6. The first-order valence-corrected chi connectivity index (χ1v) is 15.1. The maximum atomic E-state index is 13.1. The van der Waals surface area contributed by atoms with Gasteiger partial charge in [0.05, 0.1) is 0 Å². The van der Waals surface area contributed by atoms with E-state index in [1.807, 2.05) is 22.4 Å². The second-order valence-electron chi connectivity index (χ2n) is 10.9. The van der Waals surface area contributed by atoms with E-state index in [4.69, 9.17) is 9.47 Å². The second-order valence-corrected chi connectivity index (χ2v) is 12.6. The number of carboxylic acids is 1. The number of carbonyl (C=O) groups is 2. The SMILES string of the molecule is O=C(O)COC1(c2nc(Br)cs2)CCC2(CCN(C(=O)OCC3c4ccccc4-c4ccccc43)CC2)CC1. The van der Waals surface area contributed by atoms with Crippen molar-refractivity contribution in [2.45, 2.75) is 50.0 Å². The minimum Gasteiger partial charge on any atom is -0.480 e. The number of hydrogen-bond acceptors (Lipinski definition) is 6. The average molecular weight is 612 g/mol. The molecule has 204 valence electrons. The molecular formula is C30H31BrN2O5S. The van der Waals surface area contributed by atoms with Crippen molar-refractivity contribution in [1.82, 2.24) is 9.88 Å². The number of fused-ring (bicyclic) bond motifs is 3. The molecule has 3 aromatic rings. The summed E-state index contributed by atoms with van der Waals surface area (Å²) in [6.07, 6.45) is 4.87. The third-order valence-electron chi connectivity index (χ3n) is 8.87. The second kappa shape index (κ2) is 10.7. The van der Waals surface area contributed by atoms with Crippen molar-refractivity contribution < 1.29 is 24.2 Å². The first-order chi connectivity index (χ1) is 18.9. The molecule has 2 heterocycles. The van der Waals surface area contributed by atoms with Gasteiger partial charge in [-0.3, -0.25) is 0 Å². The third kappa shape index (κ3) is 5.12. The summed E-state index contributed by atoms with van der Waals surface area (Å²) in [5, 5.41) is 12.0. The van der Waals surface area contributed by atoms with Gasteiger partial charge in [0.25, 0.3) is 0 Å². The maximum absolute atomic E-state index is 13.1. The number of ether oxygens (including phenoxy) is 2. The van der Waals surface area contributed by atoms with Crippen LogP contribution in [0.15, 0.2) is 58.5 Å². The molecule has 1 saturated carbocycles. The van der Waals surface area contributed by atoms with Crippen molar-refractivity contribution in [3.8, 4) is 11.1 Å². The summed E-state index contributed by atoms with van der Waals surface area (Å²) in [6.45, 7) is 1.34. The van der Waals surface area contributed by atoms with E-state index in [0.717, 1.165) is 48.1 Å². The fourth-order valence-electron chi connectivity index (χ4n) is 6.62. The first kappa shape index (κ1) is 26.5. The molecule has 1 amide bonds. The van der Waals surface area contributed by atoms with E-state index < -0.39 is 11.6 Å². The molecule has 1 N–H and O–H groups in total. The Balaban J connectivity index is 1.06. The summed E-state index contributed by atoms with van der Waals surface area (Å²) >= 11 is 4.93. The lowest BCUT2D eigenvalue weighted by Gasteiger charge is -2.48. The van der Waals surface area contributed by atoms with Crippen LogP contribution in [0.1, 0.15) is 60.6 Å². The molecule has 2 fully saturated rings. The number of nitrogens with zero attached hydrogens (tertiary/aromatic N) is 2. The molecule has 7 nitrogen and oxygen atoms in total. The highest BCUT2D eigenvalue weighted by molar-refractivity contribution is 9.10. The Morgan fingerprint density at radius 2 is 1.59 bits per heavy atom. The predicted molar refractivity (Wildman–Crippen MR) is 152 cm³/mol. The normalized spacial score (nSPS) is 19.5. The Morgan fingerprint density at radius 3 is 2.15 bits per heavy atom. The summed E-state index contributed by atoms with van der Waals surface area (Å²) < 4.78 is 12.6. The minimum absolute atomic E-state index is 0.0562. The zero-order valence-electron chi connectivity index (χ0n) is 21.6. The topological polar surface area (TPSA) is 89.0 Å². The Morgan fingerprint density at radius 1 is 0.974 bits per heavy atom. The van der Waals surface area contributed by atoms with Gasteiger partial charge in [0.2, 0.25) is 0 Å². The highest BCUT2D eigenvalue weighted by Gasteiger charge is 2.48. The molecule has 3 aliphatic rings. The van der Waals surface area contributed by atoms with Gasteiger partial charge in [-0.1, -0.05) is 48.5 Å². The van der Waals surface area contributed by atoms with Crippen molar-refractivity contribution >= 4 is 39.3 Å². The van der Waals surface area contributed by atoms with Gasteiger partial charge in [-0.05, 0) is 82.1 Å². The summed E-state index contributed by atoms with van der Waals surface area (Å²) in [5.41, 5.74) is 4.34. The van der Waals surface area contributed by atoms with E-state index in [-0.39, 0.29) is 24.0 Å². The number of aliphatic carboxylic acids is 1. The van der Waals surface area contributed by atoms with Crippen molar-refractivity contribution in [1.29, 1.82) is 0 Å². The molecule has 1 aromatic heterocycles. The van der Waals surface area contributed by atoms with Gasteiger partial charge in [-0.25, -0.2) is 14.6 Å². The summed E-state index contributed by atoms with van der Waals surface area (Å²) in [7, 11) is 0. The fraction of sp³-hybridized carbons (Fsp3) is 0.433. The molecule has 9 heteroatoms. The lowest BCUT2D eigenvalue weighted by atomic mass is 9.64. The molecule has 1 aliphatic heterocycles. The van der Waals surface area contributed by atoms with Gasteiger partial charge < -0.3 is 19.5 Å². The smallest absolute Gasteiger partial charge is 0.409 e. The van der Waals surface area contributed by atoms with Crippen LogP contribution in [0, 0.1) is 5.41 Å². The van der Waals surface area contributed by atoms with Crippen LogP contribution < -0.4 is 0 Å². The summed E-state index contributed by atoms with van der Waals surface area (Å²) in [4.78, 5) is 30.8. The number of carbonyl (C=O) groups excluding carboxylic acids is 1. The number of hydrogen-bond donors (Lipinski definition) is 1. The minimum atomic E-state index is -0.971. The van der Waals surface area contributed by atoms with Crippen LogP contribution in [0.3, 0.4) is 0 Å². The third-order valence-corrected chi connectivity index (χ3v) is 10.6. The van der Waals surface area contributed by atoms with Gasteiger partial charge in [-0.15, -0.1) is 11.3 Å². The molecule has 1 saturated heterocycles. The van der Waals surface area contributed by atoms with Gasteiger partial charge in [0.1, 0.15) is 28.4 Å². The number of thiazole rings is 1. The van der Waals surface area contributed by atoms with Gasteiger partial charge >= 0.3 is 12.1 Å². The van der Waals surface area contributed by atoms with Gasteiger partial charge in [-0.2, -0.15) is 0 Å². The molecule has 0 radical (unpaired) electrons. The van der Waals surface area contributed by atoms with Crippen LogP contribution >= 0.6 is 27.3 Å². The Hall–Kier alpha value is -2.75. The Kier molecular flexibility index (Phi) is 7.24. The molecule has 0 unspecified atom stereocenters. The van der Waals surface area contributed by atoms with Gasteiger partial charge in [0.15, 0.2) is 0 Å². The number of amides is 1. The van der Waals surface area contributed by atoms with Crippen LogP contribution in [-0.2, 0) is 19.9 Å². The molecule has 0 atom stereocenters. The monoisotopic (exact) mass is 610 g/mol. The zero-order chi connectivity index (χ0) is 27.0. The molecule has 1 spiro atoms. The van der Waals surface area contributed by atoms with Crippen LogP contribution in [0.4, 0.5) is 4.79 Å². The van der Waals surface area contributed by atoms with Crippen molar-refractivity contribution in [3.05, 3.63) is 74.6 Å². The molecule has 39 heavy (non-hydrogen) atoms. The zero-order valence-corrected chi connectivity index (χ0v) is 24.0. The van der Waals surface area contributed by atoms with Crippen LogP contribution in [0.2, 0.25) is 0 Å². The van der Waals surface area contributed by atoms with Crippen LogP contribution in [0.5, 0.6) is 0 Å². The van der Waals surface area contributed by atoms with E-state index in [2.05, 4.69) is 57.3 Å². The molecule has 6 rings (SSSR count). The van der Waals surface area contributed by atoms with E-state index >= 15 is 0 Å². The lowest BCUT2D eigenvalue weighted by molar-refractivity contribution is -0.157. The molecule has 2 aromatic carbocycles. The van der Waals surface area contributed by atoms with E-state index in [0.29, 0.717) is 19.7 Å². The molecule has 0 bridgehead atoms. The lowest BCUT2D eigenvalue weighted by Crippen LogP contribution is -2.47. The number of piperidine rings is 1. The van der Waals surface area contributed by atoms with Crippen LogP contribution in [0.25, 0.3) is 11.1 Å². The van der Waals surface area contributed by atoms with Crippen molar-refractivity contribution in [2.24, 2.45) is 5.41 Å². The maximum Gasteiger partial charge on any atom is 0.409 e. The first-order valence-electron chi connectivity index (χ1n) is 13.5.